The lowest BCUT2D eigenvalue weighted by Crippen LogP contribution is -2.31. The number of aromatic nitrogens is 2. The third-order valence-corrected chi connectivity index (χ3v) is 4.17. The Morgan fingerprint density at radius 3 is 2.83 bits per heavy atom. The average molecular weight is 267 g/mol. The van der Waals surface area contributed by atoms with Crippen LogP contribution in [0.15, 0.2) is 0 Å². The number of aryl methyl sites for hydroxylation is 1. The van der Waals surface area contributed by atoms with Crippen LogP contribution < -0.4 is 0 Å². The Bertz CT molecular complexity index is 498. The highest BCUT2D eigenvalue weighted by Gasteiger charge is 2.39. The van der Waals surface area contributed by atoms with E-state index >= 15 is 0 Å². The van der Waals surface area contributed by atoms with Crippen molar-refractivity contribution in [2.24, 2.45) is 5.92 Å². The Kier molecular flexibility index (Phi) is 2.98. The first-order chi connectivity index (χ1) is 8.69. The van der Waals surface area contributed by atoms with E-state index < -0.39 is 0 Å². The summed E-state index contributed by atoms with van der Waals surface area (Å²) in [6, 6.07) is 0. The highest BCUT2D eigenvalue weighted by molar-refractivity contribution is 6.28. The van der Waals surface area contributed by atoms with Crippen LogP contribution in [-0.2, 0) is 22.4 Å². The first-order valence-electron chi connectivity index (χ1n) is 6.32. The van der Waals surface area contributed by atoms with Crippen LogP contribution in [0.3, 0.4) is 0 Å². The van der Waals surface area contributed by atoms with Crippen LogP contribution in [0.2, 0.25) is 5.28 Å². The molecule has 2 aliphatic rings. The van der Waals surface area contributed by atoms with E-state index in [2.05, 4.69) is 9.97 Å². The number of halogens is 1. The average Bonchev–Trinajstić information content (AvgIpc) is 2.74. The maximum atomic E-state index is 11.4. The second-order valence-corrected chi connectivity index (χ2v) is 5.38. The van der Waals surface area contributed by atoms with E-state index in [-0.39, 0.29) is 11.9 Å². The largest absolute Gasteiger partial charge is 0.469 e. The van der Waals surface area contributed by atoms with E-state index in [0.29, 0.717) is 11.2 Å². The van der Waals surface area contributed by atoms with Crippen molar-refractivity contribution in [1.29, 1.82) is 0 Å². The smallest absolute Gasteiger partial charge is 0.308 e. The van der Waals surface area contributed by atoms with Crippen LogP contribution >= 0.6 is 11.6 Å². The summed E-state index contributed by atoms with van der Waals surface area (Å²) in [6.45, 7) is 0. The minimum absolute atomic E-state index is 0.0331. The van der Waals surface area contributed by atoms with E-state index in [4.69, 9.17) is 16.3 Å². The predicted octanol–water partition coefficient (Wildman–Crippen LogP) is 2.29. The zero-order chi connectivity index (χ0) is 12.7. The van der Waals surface area contributed by atoms with Gasteiger partial charge in [0.05, 0.1) is 18.7 Å². The van der Waals surface area contributed by atoms with Crippen molar-refractivity contribution < 1.29 is 9.53 Å². The zero-order valence-corrected chi connectivity index (χ0v) is 11.0. The Balaban J connectivity index is 1.81. The first-order valence-corrected chi connectivity index (χ1v) is 6.70. The number of carbonyl (C=O) groups excluding carboxylic acids is 1. The molecule has 18 heavy (non-hydrogen) atoms. The van der Waals surface area contributed by atoms with Gasteiger partial charge in [0.15, 0.2) is 0 Å². The lowest BCUT2D eigenvalue weighted by molar-refractivity contribution is -0.148. The lowest BCUT2D eigenvalue weighted by atomic mass is 9.72. The van der Waals surface area contributed by atoms with Crippen LogP contribution in [0, 0.1) is 5.92 Å². The van der Waals surface area contributed by atoms with Gasteiger partial charge in [-0.15, -0.1) is 0 Å². The molecule has 1 saturated carbocycles. The van der Waals surface area contributed by atoms with Crippen LogP contribution in [0.4, 0.5) is 0 Å². The van der Waals surface area contributed by atoms with Crippen molar-refractivity contribution in [3.8, 4) is 0 Å². The number of fused-ring (bicyclic) bond motifs is 1. The summed E-state index contributed by atoms with van der Waals surface area (Å²) in [7, 11) is 1.44. The van der Waals surface area contributed by atoms with Gasteiger partial charge in [-0.3, -0.25) is 4.79 Å². The molecule has 1 aromatic rings. The van der Waals surface area contributed by atoms with Gasteiger partial charge in [0.1, 0.15) is 0 Å². The number of carbonyl (C=O) groups is 1. The summed E-state index contributed by atoms with van der Waals surface area (Å²) in [5, 5.41) is 0.340. The van der Waals surface area contributed by atoms with Gasteiger partial charge in [0.25, 0.3) is 0 Å². The molecule has 0 amide bonds. The lowest BCUT2D eigenvalue weighted by Gasteiger charge is -2.33. The van der Waals surface area contributed by atoms with Gasteiger partial charge in [-0.05, 0) is 49.3 Å². The van der Waals surface area contributed by atoms with Crippen molar-refractivity contribution in [2.75, 3.05) is 7.11 Å². The number of ether oxygens (including phenoxy) is 1. The predicted molar refractivity (Wildman–Crippen MR) is 66.5 cm³/mol. The van der Waals surface area contributed by atoms with Crippen molar-refractivity contribution in [1.82, 2.24) is 9.97 Å². The van der Waals surface area contributed by atoms with Crippen molar-refractivity contribution >= 4 is 17.6 Å². The van der Waals surface area contributed by atoms with Crippen molar-refractivity contribution in [2.45, 2.75) is 38.0 Å². The van der Waals surface area contributed by atoms with E-state index in [1.807, 2.05) is 0 Å². The monoisotopic (exact) mass is 266 g/mol. The Morgan fingerprint density at radius 1 is 1.33 bits per heavy atom. The number of nitrogens with zero attached hydrogens (tertiary/aromatic N) is 2. The molecule has 0 aliphatic heterocycles. The quantitative estimate of drug-likeness (QED) is 0.609. The molecule has 5 heteroatoms. The maximum Gasteiger partial charge on any atom is 0.308 e. The second kappa shape index (κ2) is 4.50. The minimum atomic E-state index is -0.108. The van der Waals surface area contributed by atoms with Gasteiger partial charge in [0, 0.05) is 11.6 Å². The number of rotatable bonds is 2. The molecule has 0 aromatic carbocycles. The molecule has 0 unspecified atom stereocenters. The molecule has 4 nitrogen and oxygen atoms in total. The SMILES string of the molecule is COC(=O)C1CC(c2nc(Cl)nc3c2CCC3)C1. The van der Waals surface area contributed by atoms with E-state index in [0.717, 1.165) is 43.5 Å². The number of methoxy groups -OCH3 is 1. The normalized spacial score (nSPS) is 25.4. The van der Waals surface area contributed by atoms with E-state index in [9.17, 15) is 4.79 Å². The maximum absolute atomic E-state index is 11.4. The highest BCUT2D eigenvalue weighted by Crippen LogP contribution is 2.44. The third kappa shape index (κ3) is 1.88. The Hall–Kier alpha value is -1.16. The fourth-order valence-corrected chi connectivity index (χ4v) is 3.16. The van der Waals surface area contributed by atoms with Gasteiger partial charge >= 0.3 is 5.97 Å². The summed E-state index contributed by atoms with van der Waals surface area (Å²) in [6.07, 6.45) is 4.82. The van der Waals surface area contributed by atoms with Gasteiger partial charge < -0.3 is 4.74 Å². The molecule has 0 atom stereocenters. The van der Waals surface area contributed by atoms with Crippen molar-refractivity contribution in [3.63, 3.8) is 0 Å². The van der Waals surface area contributed by atoms with Gasteiger partial charge in [-0.1, -0.05) is 0 Å². The summed E-state index contributed by atoms with van der Waals surface area (Å²) < 4.78 is 4.76. The fraction of sp³-hybridized carbons (Fsp3) is 0.615. The zero-order valence-electron chi connectivity index (χ0n) is 10.3. The second-order valence-electron chi connectivity index (χ2n) is 5.05. The van der Waals surface area contributed by atoms with Crippen LogP contribution in [0.1, 0.15) is 42.1 Å². The topological polar surface area (TPSA) is 52.1 Å². The molecule has 0 spiro atoms. The summed E-state index contributed by atoms with van der Waals surface area (Å²) in [5.41, 5.74) is 3.45. The van der Waals surface area contributed by atoms with Crippen LogP contribution in [0.5, 0.6) is 0 Å². The number of esters is 1. The molecule has 3 rings (SSSR count). The standard InChI is InChI=1S/C13H15ClN2O2/c1-18-12(17)8-5-7(6-8)11-9-3-2-4-10(9)15-13(14)16-11/h7-8H,2-6H2,1H3. The summed E-state index contributed by atoms with van der Waals surface area (Å²) >= 11 is 5.97. The van der Waals surface area contributed by atoms with Crippen LogP contribution in [-0.4, -0.2) is 23.0 Å². The molecule has 96 valence electrons. The minimum Gasteiger partial charge on any atom is -0.469 e. The summed E-state index contributed by atoms with van der Waals surface area (Å²) in [5.74, 6) is 0.273. The molecule has 0 radical (unpaired) electrons. The van der Waals surface area contributed by atoms with E-state index in [1.165, 1.54) is 12.7 Å². The van der Waals surface area contributed by atoms with Gasteiger partial charge in [-0.25, -0.2) is 9.97 Å². The molecule has 2 aliphatic carbocycles. The van der Waals surface area contributed by atoms with E-state index in [1.54, 1.807) is 0 Å². The molecular formula is C13H15ClN2O2. The highest BCUT2D eigenvalue weighted by atomic mass is 35.5. The molecule has 0 N–H and O–H groups in total. The van der Waals surface area contributed by atoms with Gasteiger partial charge in [0.2, 0.25) is 5.28 Å². The molecule has 0 saturated heterocycles. The first kappa shape index (κ1) is 11.9. The number of hydrogen-bond donors (Lipinski definition) is 0. The molecular weight excluding hydrogens is 252 g/mol. The van der Waals surface area contributed by atoms with Gasteiger partial charge in [-0.2, -0.15) is 0 Å². The number of hydrogen-bond acceptors (Lipinski definition) is 4. The van der Waals surface area contributed by atoms with Crippen molar-refractivity contribution in [3.05, 3.63) is 22.2 Å². The molecule has 1 aromatic heterocycles. The van der Waals surface area contributed by atoms with Crippen LogP contribution in [0.25, 0.3) is 0 Å². The summed E-state index contributed by atoms with van der Waals surface area (Å²) in [4.78, 5) is 20.1. The molecule has 1 fully saturated rings. The third-order valence-electron chi connectivity index (χ3n) is 4.00. The Morgan fingerprint density at radius 2 is 2.11 bits per heavy atom. The Labute approximate surface area is 111 Å². The molecule has 0 bridgehead atoms. The molecule has 1 heterocycles. The fourth-order valence-electron chi connectivity index (χ4n) is 2.97.